The van der Waals surface area contributed by atoms with Crippen molar-refractivity contribution in [2.45, 2.75) is 36.5 Å². The van der Waals surface area contributed by atoms with Gasteiger partial charge in [0.15, 0.2) is 0 Å². The number of carbonyl (C=O) groups is 1. The Morgan fingerprint density at radius 3 is 1.97 bits per heavy atom. The van der Waals surface area contributed by atoms with Gasteiger partial charge in [0.1, 0.15) is 0 Å². The van der Waals surface area contributed by atoms with Crippen LogP contribution in [-0.4, -0.2) is 71.6 Å². The molecule has 1 fully saturated rings. The maximum Gasteiger partial charge on any atom is 0.255 e. The Labute approximate surface area is 202 Å². The summed E-state index contributed by atoms with van der Waals surface area (Å²) < 4.78 is 53.2. The van der Waals surface area contributed by atoms with Gasteiger partial charge in [-0.1, -0.05) is 13.8 Å². The molecule has 9 nitrogen and oxygen atoms in total. The molecule has 3 rings (SSSR count). The van der Waals surface area contributed by atoms with Gasteiger partial charge in [-0.15, -0.1) is 0 Å². The summed E-state index contributed by atoms with van der Waals surface area (Å²) in [6, 6.07) is 10.5. The molecule has 0 atom stereocenters. The first-order valence-electron chi connectivity index (χ1n) is 11.3. The van der Waals surface area contributed by atoms with E-state index in [1.807, 2.05) is 0 Å². The average molecular weight is 509 g/mol. The highest BCUT2D eigenvalue weighted by molar-refractivity contribution is 7.89. The lowest BCUT2D eigenvalue weighted by Gasteiger charge is -2.24. The van der Waals surface area contributed by atoms with Crippen LogP contribution in [0.1, 0.15) is 37.0 Å². The number of hydrogen-bond donors (Lipinski definition) is 1. The molecular formula is C23H32N4O5S2. The number of hydrogen-bond acceptors (Lipinski definition) is 6. The van der Waals surface area contributed by atoms with E-state index < -0.39 is 26.0 Å². The lowest BCUT2D eigenvalue weighted by Crippen LogP contribution is -2.31. The van der Waals surface area contributed by atoms with Crippen LogP contribution in [0.2, 0.25) is 0 Å². The Balaban J connectivity index is 1.96. The molecule has 11 heteroatoms. The van der Waals surface area contributed by atoms with E-state index in [1.165, 1.54) is 48.7 Å². The summed E-state index contributed by atoms with van der Waals surface area (Å²) >= 11 is 0. The molecule has 0 spiro atoms. The summed E-state index contributed by atoms with van der Waals surface area (Å²) in [6.07, 6.45) is 2.05. The van der Waals surface area contributed by atoms with Crippen LogP contribution in [0.4, 0.5) is 11.4 Å². The minimum atomic E-state index is -3.70. The quantitative estimate of drug-likeness (QED) is 0.558. The van der Waals surface area contributed by atoms with E-state index in [4.69, 9.17) is 0 Å². The summed E-state index contributed by atoms with van der Waals surface area (Å²) in [7, 11) is -4.43. The molecule has 1 aliphatic rings. The molecule has 0 aromatic heterocycles. The molecular weight excluding hydrogens is 476 g/mol. The Hall–Kier alpha value is -2.47. The van der Waals surface area contributed by atoms with Crippen molar-refractivity contribution in [3.63, 3.8) is 0 Å². The van der Waals surface area contributed by atoms with E-state index in [9.17, 15) is 21.6 Å². The molecule has 1 saturated heterocycles. The van der Waals surface area contributed by atoms with E-state index in [1.54, 1.807) is 26.0 Å². The third-order valence-electron chi connectivity index (χ3n) is 5.90. The second-order valence-electron chi connectivity index (χ2n) is 8.23. The van der Waals surface area contributed by atoms with Gasteiger partial charge in [-0.25, -0.2) is 21.1 Å². The van der Waals surface area contributed by atoms with Crippen molar-refractivity contribution in [2.75, 3.05) is 50.5 Å². The fraction of sp³-hybridized carbons (Fsp3) is 0.435. The zero-order chi connectivity index (χ0) is 25.1. The number of anilines is 2. The number of sulfonamides is 2. The van der Waals surface area contributed by atoms with Gasteiger partial charge in [-0.05, 0) is 55.3 Å². The van der Waals surface area contributed by atoms with Gasteiger partial charge in [0.2, 0.25) is 20.0 Å². The molecule has 0 radical (unpaired) electrons. The van der Waals surface area contributed by atoms with E-state index in [2.05, 4.69) is 10.2 Å². The van der Waals surface area contributed by atoms with Crippen LogP contribution < -0.4 is 10.2 Å². The third kappa shape index (κ3) is 5.27. The van der Waals surface area contributed by atoms with Crippen molar-refractivity contribution in [1.82, 2.24) is 8.61 Å². The number of rotatable bonds is 9. The molecule has 0 bridgehead atoms. The molecule has 0 saturated carbocycles. The highest BCUT2D eigenvalue weighted by Crippen LogP contribution is 2.32. The predicted molar refractivity (Wildman–Crippen MR) is 133 cm³/mol. The van der Waals surface area contributed by atoms with Gasteiger partial charge in [0, 0.05) is 45.8 Å². The SMILES string of the molecule is CCN(CC)S(=O)(=O)c1ccc(N2CCCC2)c(NC(=O)c2ccc(S(=O)(=O)N(C)C)cc2)c1. The number of amides is 1. The maximum atomic E-state index is 13.1. The number of nitrogens with one attached hydrogen (secondary N) is 1. The van der Waals surface area contributed by atoms with Gasteiger partial charge >= 0.3 is 0 Å². The van der Waals surface area contributed by atoms with E-state index in [0.717, 1.165) is 35.9 Å². The van der Waals surface area contributed by atoms with Gasteiger partial charge in [0.05, 0.1) is 21.2 Å². The normalized spacial score (nSPS) is 14.7. The first-order valence-corrected chi connectivity index (χ1v) is 14.1. The first-order chi connectivity index (χ1) is 16.0. The lowest BCUT2D eigenvalue weighted by molar-refractivity contribution is 0.102. The predicted octanol–water partition coefficient (Wildman–Crippen LogP) is 2.82. The van der Waals surface area contributed by atoms with Crippen LogP contribution in [0.25, 0.3) is 0 Å². The number of nitrogens with zero attached hydrogens (tertiary/aromatic N) is 3. The fourth-order valence-electron chi connectivity index (χ4n) is 3.91. The Morgan fingerprint density at radius 1 is 0.882 bits per heavy atom. The molecule has 2 aromatic carbocycles. The molecule has 2 aromatic rings. The molecule has 186 valence electrons. The standard InChI is InChI=1S/C23H32N4O5S2/c1-5-27(6-2)34(31,32)20-13-14-22(26-15-7-8-16-26)21(17-20)24-23(28)18-9-11-19(12-10-18)33(29,30)25(3)4/h9-14,17H,5-8,15-16H2,1-4H3,(H,24,28). The zero-order valence-electron chi connectivity index (χ0n) is 20.0. The van der Waals surface area contributed by atoms with E-state index in [0.29, 0.717) is 18.8 Å². The second kappa shape index (κ2) is 10.4. The van der Waals surface area contributed by atoms with Gasteiger partial charge in [-0.2, -0.15) is 4.31 Å². The van der Waals surface area contributed by atoms with E-state index in [-0.39, 0.29) is 15.4 Å². The van der Waals surface area contributed by atoms with Crippen molar-refractivity contribution in [2.24, 2.45) is 0 Å². The lowest BCUT2D eigenvalue weighted by atomic mass is 10.2. The van der Waals surface area contributed by atoms with Crippen molar-refractivity contribution in [3.8, 4) is 0 Å². The number of benzene rings is 2. The number of carbonyl (C=O) groups excluding carboxylic acids is 1. The Morgan fingerprint density at radius 2 is 1.44 bits per heavy atom. The third-order valence-corrected chi connectivity index (χ3v) is 9.78. The van der Waals surface area contributed by atoms with Crippen LogP contribution in [-0.2, 0) is 20.0 Å². The summed E-state index contributed by atoms with van der Waals surface area (Å²) in [5.41, 5.74) is 1.43. The van der Waals surface area contributed by atoms with Crippen LogP contribution >= 0.6 is 0 Å². The first kappa shape index (κ1) is 26.1. The van der Waals surface area contributed by atoms with Crippen molar-refractivity contribution in [1.29, 1.82) is 0 Å². The zero-order valence-corrected chi connectivity index (χ0v) is 21.6. The largest absolute Gasteiger partial charge is 0.370 e. The van der Waals surface area contributed by atoms with Crippen molar-refractivity contribution in [3.05, 3.63) is 48.0 Å². The topological polar surface area (TPSA) is 107 Å². The molecule has 0 unspecified atom stereocenters. The summed E-state index contributed by atoms with van der Waals surface area (Å²) in [4.78, 5) is 15.4. The minimum Gasteiger partial charge on any atom is -0.370 e. The Bertz CT molecular complexity index is 1230. The molecule has 0 aliphatic carbocycles. The smallest absolute Gasteiger partial charge is 0.255 e. The molecule has 1 heterocycles. The maximum absolute atomic E-state index is 13.1. The van der Waals surface area contributed by atoms with Gasteiger partial charge < -0.3 is 10.2 Å². The summed E-state index contributed by atoms with van der Waals surface area (Å²) in [5.74, 6) is -0.452. The molecule has 34 heavy (non-hydrogen) atoms. The van der Waals surface area contributed by atoms with Crippen LogP contribution in [0.15, 0.2) is 52.3 Å². The molecule has 1 amide bonds. The van der Waals surface area contributed by atoms with Gasteiger partial charge in [-0.3, -0.25) is 4.79 Å². The summed E-state index contributed by atoms with van der Waals surface area (Å²) in [5, 5.41) is 2.85. The summed E-state index contributed by atoms with van der Waals surface area (Å²) in [6.45, 7) is 5.89. The van der Waals surface area contributed by atoms with Gasteiger partial charge in [0.25, 0.3) is 5.91 Å². The average Bonchev–Trinajstić information content (AvgIpc) is 3.34. The van der Waals surface area contributed by atoms with Crippen molar-refractivity contribution < 1.29 is 21.6 Å². The highest BCUT2D eigenvalue weighted by Gasteiger charge is 2.25. The fourth-order valence-corrected chi connectivity index (χ4v) is 6.29. The minimum absolute atomic E-state index is 0.0825. The van der Waals surface area contributed by atoms with Crippen LogP contribution in [0.3, 0.4) is 0 Å². The van der Waals surface area contributed by atoms with Crippen molar-refractivity contribution >= 4 is 37.3 Å². The van der Waals surface area contributed by atoms with Crippen LogP contribution in [0.5, 0.6) is 0 Å². The van der Waals surface area contributed by atoms with Crippen LogP contribution in [0, 0.1) is 0 Å². The van der Waals surface area contributed by atoms with E-state index >= 15 is 0 Å². The second-order valence-corrected chi connectivity index (χ2v) is 12.3. The monoisotopic (exact) mass is 508 g/mol. The molecule has 1 aliphatic heterocycles. The Kier molecular flexibility index (Phi) is 8.02. The highest BCUT2D eigenvalue weighted by atomic mass is 32.2. The molecule has 1 N–H and O–H groups in total.